The molecule has 1 unspecified atom stereocenters. The van der Waals surface area contributed by atoms with E-state index in [2.05, 4.69) is 14.9 Å². The summed E-state index contributed by atoms with van der Waals surface area (Å²) in [6.45, 7) is -0.106. The third kappa shape index (κ3) is 2.56. The van der Waals surface area contributed by atoms with Crippen molar-refractivity contribution in [1.82, 2.24) is 19.7 Å². The molecule has 2 N–H and O–H groups in total. The van der Waals surface area contributed by atoms with Gasteiger partial charge in [-0.3, -0.25) is 4.79 Å². The Hall–Kier alpha value is -2.58. The number of nitrogens with zero attached hydrogens (tertiary/aromatic N) is 2. The Kier molecular flexibility index (Phi) is 3.87. The van der Waals surface area contributed by atoms with Gasteiger partial charge in [-0.15, -0.1) is 0 Å². The lowest BCUT2D eigenvalue weighted by Gasteiger charge is -2.30. The zero-order valence-corrected chi connectivity index (χ0v) is 10.8. The van der Waals surface area contributed by atoms with Crippen molar-refractivity contribution in [3.63, 3.8) is 0 Å². The molecule has 0 fully saturated rings. The van der Waals surface area contributed by atoms with Crippen LogP contribution in [0.4, 0.5) is 0 Å². The number of amides is 1. The first-order valence-corrected chi connectivity index (χ1v) is 5.96. The van der Waals surface area contributed by atoms with E-state index in [9.17, 15) is 19.2 Å². The highest BCUT2D eigenvalue weighted by molar-refractivity contribution is 5.86. The summed E-state index contributed by atoms with van der Waals surface area (Å²) < 4.78 is 5.36. The molecule has 20 heavy (non-hydrogen) atoms. The van der Waals surface area contributed by atoms with Crippen LogP contribution in [0.5, 0.6) is 0 Å². The highest BCUT2D eigenvalue weighted by atomic mass is 16.5. The highest BCUT2D eigenvalue weighted by Crippen LogP contribution is 2.12. The fraction of sp³-hybridized carbons (Fsp3) is 0.455. The van der Waals surface area contributed by atoms with Crippen molar-refractivity contribution in [3.05, 3.63) is 33.1 Å². The van der Waals surface area contributed by atoms with Gasteiger partial charge in [0.1, 0.15) is 12.6 Å². The van der Waals surface area contributed by atoms with Crippen LogP contribution in [0, 0.1) is 0 Å². The van der Waals surface area contributed by atoms with Crippen molar-refractivity contribution in [3.8, 4) is 0 Å². The monoisotopic (exact) mass is 282 g/mol. The van der Waals surface area contributed by atoms with Gasteiger partial charge in [0.05, 0.1) is 7.11 Å². The normalized spacial score (nSPS) is 18.1. The van der Waals surface area contributed by atoms with Crippen LogP contribution in [-0.2, 0) is 20.9 Å². The van der Waals surface area contributed by atoms with Crippen LogP contribution in [0.3, 0.4) is 0 Å². The number of ether oxygens (including phenoxy) is 1. The average molecular weight is 282 g/mol. The molecule has 2 heterocycles. The van der Waals surface area contributed by atoms with Crippen molar-refractivity contribution in [1.29, 1.82) is 0 Å². The van der Waals surface area contributed by atoms with Gasteiger partial charge in [-0.25, -0.2) is 29.1 Å². The summed E-state index contributed by atoms with van der Waals surface area (Å²) in [6, 6.07) is -0.824. The summed E-state index contributed by atoms with van der Waals surface area (Å²) in [5.74, 6) is -1.07. The number of carbonyl (C=O) groups excluding carboxylic acids is 2. The molecule has 1 atom stereocenters. The smallest absolute Gasteiger partial charge is 0.344 e. The van der Waals surface area contributed by atoms with E-state index in [1.54, 1.807) is 12.2 Å². The second-order valence-corrected chi connectivity index (χ2v) is 4.22. The molecule has 1 aliphatic rings. The third-order valence-electron chi connectivity index (χ3n) is 3.01. The van der Waals surface area contributed by atoms with E-state index in [4.69, 9.17) is 0 Å². The van der Waals surface area contributed by atoms with Gasteiger partial charge in [-0.2, -0.15) is 0 Å². The molecule has 0 radical (unpaired) electrons. The third-order valence-corrected chi connectivity index (χ3v) is 3.01. The predicted molar refractivity (Wildman–Crippen MR) is 66.9 cm³/mol. The molecule has 108 valence electrons. The van der Waals surface area contributed by atoms with Gasteiger partial charge in [-0.1, -0.05) is 12.2 Å². The number of aromatic amines is 2. The molecule has 0 saturated heterocycles. The number of esters is 1. The maximum absolute atomic E-state index is 12.2. The molecular formula is C11H14N4O5. The Morgan fingerprint density at radius 1 is 1.35 bits per heavy atom. The van der Waals surface area contributed by atoms with E-state index in [-0.39, 0.29) is 0 Å². The quantitative estimate of drug-likeness (QED) is 0.501. The van der Waals surface area contributed by atoms with Crippen molar-refractivity contribution in [2.24, 2.45) is 0 Å². The molecule has 0 aliphatic carbocycles. The molecule has 0 aromatic carbocycles. The molecule has 1 aromatic heterocycles. The zero-order chi connectivity index (χ0) is 14.7. The molecule has 1 aromatic rings. The Bertz CT molecular complexity index is 625. The summed E-state index contributed by atoms with van der Waals surface area (Å²) >= 11 is 0. The van der Waals surface area contributed by atoms with Gasteiger partial charge < -0.3 is 9.64 Å². The minimum Gasteiger partial charge on any atom is -0.467 e. The first-order chi connectivity index (χ1) is 9.54. The first-order valence-electron chi connectivity index (χ1n) is 5.96. The van der Waals surface area contributed by atoms with Gasteiger partial charge in [-0.05, 0) is 6.42 Å². The number of rotatable bonds is 3. The van der Waals surface area contributed by atoms with Crippen LogP contribution in [0.1, 0.15) is 6.42 Å². The second-order valence-electron chi connectivity index (χ2n) is 4.22. The minimum absolute atomic E-state index is 0.326. The predicted octanol–water partition coefficient (Wildman–Crippen LogP) is -1.81. The van der Waals surface area contributed by atoms with E-state index in [0.717, 1.165) is 4.57 Å². The van der Waals surface area contributed by atoms with E-state index in [1.807, 2.05) is 0 Å². The molecule has 0 spiro atoms. The Balaban J connectivity index is 2.19. The number of methoxy groups -OCH3 is 1. The number of carbonyl (C=O) groups is 2. The lowest BCUT2D eigenvalue weighted by atomic mass is 10.1. The van der Waals surface area contributed by atoms with Gasteiger partial charge in [0.15, 0.2) is 0 Å². The fourth-order valence-corrected chi connectivity index (χ4v) is 1.99. The molecular weight excluding hydrogens is 268 g/mol. The van der Waals surface area contributed by atoms with E-state index < -0.39 is 35.8 Å². The Morgan fingerprint density at radius 2 is 2.00 bits per heavy atom. The van der Waals surface area contributed by atoms with Crippen LogP contribution in [0.25, 0.3) is 0 Å². The van der Waals surface area contributed by atoms with Crippen LogP contribution in [0.2, 0.25) is 0 Å². The molecule has 9 nitrogen and oxygen atoms in total. The SMILES string of the molecule is COC(=O)C1C=CCCN1C(=O)Cn1c(=O)[nH][nH]c1=O. The van der Waals surface area contributed by atoms with Crippen molar-refractivity contribution in [2.75, 3.05) is 13.7 Å². The molecule has 0 saturated carbocycles. The summed E-state index contributed by atoms with van der Waals surface area (Å²) in [5, 5.41) is 4.17. The first kappa shape index (κ1) is 13.8. The molecule has 9 heteroatoms. The fourth-order valence-electron chi connectivity index (χ4n) is 1.99. The number of nitrogens with one attached hydrogen (secondary N) is 2. The maximum Gasteiger partial charge on any atom is 0.344 e. The lowest BCUT2D eigenvalue weighted by Crippen LogP contribution is -2.49. The molecule has 2 rings (SSSR count). The summed E-state index contributed by atoms with van der Waals surface area (Å²) in [5.41, 5.74) is -1.41. The Morgan fingerprint density at radius 3 is 2.60 bits per heavy atom. The van der Waals surface area contributed by atoms with E-state index in [1.165, 1.54) is 12.0 Å². The van der Waals surface area contributed by atoms with Gasteiger partial charge in [0.2, 0.25) is 5.91 Å². The van der Waals surface area contributed by atoms with Crippen molar-refractivity contribution < 1.29 is 14.3 Å². The van der Waals surface area contributed by atoms with E-state index >= 15 is 0 Å². The molecule has 1 amide bonds. The van der Waals surface area contributed by atoms with Crippen LogP contribution < -0.4 is 11.4 Å². The van der Waals surface area contributed by atoms with Crippen LogP contribution in [0.15, 0.2) is 21.7 Å². The lowest BCUT2D eigenvalue weighted by molar-refractivity contribution is -0.151. The van der Waals surface area contributed by atoms with Gasteiger partial charge >= 0.3 is 17.3 Å². The topological polar surface area (TPSA) is 117 Å². The summed E-state index contributed by atoms with van der Waals surface area (Å²) in [7, 11) is 1.23. The molecule has 0 bridgehead atoms. The number of hydrogen-bond acceptors (Lipinski definition) is 5. The molecule has 1 aliphatic heterocycles. The van der Waals surface area contributed by atoms with E-state index in [0.29, 0.717) is 13.0 Å². The number of hydrogen-bond donors (Lipinski definition) is 2. The van der Waals surface area contributed by atoms with Gasteiger partial charge in [0, 0.05) is 6.54 Å². The van der Waals surface area contributed by atoms with Gasteiger partial charge in [0.25, 0.3) is 0 Å². The average Bonchev–Trinajstić information content (AvgIpc) is 2.78. The highest BCUT2D eigenvalue weighted by Gasteiger charge is 2.30. The largest absolute Gasteiger partial charge is 0.467 e. The summed E-state index contributed by atoms with van der Waals surface area (Å²) in [4.78, 5) is 47.7. The standard InChI is InChI=1S/C11H14N4O5/c1-20-9(17)7-4-2-3-5-14(7)8(16)6-15-10(18)12-13-11(15)19/h2,4,7H,3,5-6H2,1H3,(H,12,18)(H,13,19). The minimum atomic E-state index is -0.824. The Labute approximate surface area is 112 Å². The second kappa shape index (κ2) is 5.59. The summed E-state index contributed by atoms with van der Waals surface area (Å²) in [6.07, 6.45) is 3.94. The van der Waals surface area contributed by atoms with Crippen molar-refractivity contribution in [2.45, 2.75) is 19.0 Å². The van der Waals surface area contributed by atoms with Crippen LogP contribution >= 0.6 is 0 Å². The zero-order valence-electron chi connectivity index (χ0n) is 10.8. The number of H-pyrrole nitrogens is 2. The number of aromatic nitrogens is 3. The van der Waals surface area contributed by atoms with Crippen molar-refractivity contribution >= 4 is 11.9 Å². The van der Waals surface area contributed by atoms with Crippen LogP contribution in [-0.4, -0.2) is 51.2 Å². The maximum atomic E-state index is 12.2.